The minimum absolute atomic E-state index is 0.196. The molecule has 1 atom stereocenters. The second-order valence-corrected chi connectivity index (χ2v) is 4.44. The monoisotopic (exact) mass is 250 g/mol. The van der Waals surface area contributed by atoms with Crippen LogP contribution in [-0.4, -0.2) is 22.1 Å². The van der Waals surface area contributed by atoms with Crippen molar-refractivity contribution in [1.82, 2.24) is 10.2 Å². The molecule has 0 saturated carbocycles. The number of hydrogen-bond acceptors (Lipinski definition) is 4. The smallest absolute Gasteiger partial charge is 0.269 e. The van der Waals surface area contributed by atoms with Gasteiger partial charge in [-0.25, -0.2) is 0 Å². The Morgan fingerprint density at radius 1 is 1.28 bits per heavy atom. The van der Waals surface area contributed by atoms with Crippen LogP contribution >= 0.6 is 0 Å². The third kappa shape index (κ3) is 4.69. The molecule has 5 heteroatoms. The number of nitrogens with two attached hydrogens (primary N) is 1. The van der Waals surface area contributed by atoms with Gasteiger partial charge in [0.2, 0.25) is 0 Å². The van der Waals surface area contributed by atoms with Crippen molar-refractivity contribution in [1.29, 1.82) is 0 Å². The molecule has 0 radical (unpaired) electrons. The van der Waals surface area contributed by atoms with Gasteiger partial charge in [0.15, 0.2) is 5.69 Å². The molecule has 1 unspecified atom stereocenters. The molecule has 0 aliphatic rings. The van der Waals surface area contributed by atoms with Crippen molar-refractivity contribution in [2.24, 2.45) is 5.73 Å². The van der Waals surface area contributed by atoms with Gasteiger partial charge in [0, 0.05) is 6.04 Å². The van der Waals surface area contributed by atoms with Gasteiger partial charge in [-0.15, -0.1) is 10.2 Å². The van der Waals surface area contributed by atoms with E-state index in [-0.39, 0.29) is 5.69 Å². The number of primary amides is 1. The summed E-state index contributed by atoms with van der Waals surface area (Å²) in [6.45, 7) is 4.35. The number of aromatic nitrogens is 2. The Kier molecular flexibility index (Phi) is 6.11. The molecule has 1 aromatic rings. The van der Waals surface area contributed by atoms with E-state index in [9.17, 15) is 4.79 Å². The molecule has 1 rings (SSSR count). The fourth-order valence-corrected chi connectivity index (χ4v) is 1.84. The van der Waals surface area contributed by atoms with Crippen LogP contribution in [0.5, 0.6) is 0 Å². The highest BCUT2D eigenvalue weighted by atomic mass is 16.1. The van der Waals surface area contributed by atoms with Crippen molar-refractivity contribution >= 4 is 11.7 Å². The summed E-state index contributed by atoms with van der Waals surface area (Å²) in [7, 11) is 0. The molecule has 0 spiro atoms. The normalized spacial score (nSPS) is 12.1. The Morgan fingerprint density at radius 2 is 2.06 bits per heavy atom. The summed E-state index contributed by atoms with van der Waals surface area (Å²) in [6.07, 6.45) is 5.76. The van der Waals surface area contributed by atoms with Gasteiger partial charge in [-0.2, -0.15) is 0 Å². The molecule has 0 bridgehead atoms. The highest BCUT2D eigenvalue weighted by Gasteiger charge is 2.09. The first-order valence-electron chi connectivity index (χ1n) is 6.57. The first-order chi connectivity index (χ1) is 8.67. The summed E-state index contributed by atoms with van der Waals surface area (Å²) >= 11 is 0. The van der Waals surface area contributed by atoms with Crippen molar-refractivity contribution < 1.29 is 4.79 Å². The summed E-state index contributed by atoms with van der Waals surface area (Å²) in [4.78, 5) is 10.9. The van der Waals surface area contributed by atoms with Gasteiger partial charge in [0.25, 0.3) is 5.91 Å². The quantitative estimate of drug-likeness (QED) is 0.742. The van der Waals surface area contributed by atoms with Crippen LogP contribution in [-0.2, 0) is 0 Å². The highest BCUT2D eigenvalue weighted by molar-refractivity contribution is 5.90. The lowest BCUT2D eigenvalue weighted by Crippen LogP contribution is -2.21. The average Bonchev–Trinajstić information content (AvgIpc) is 2.37. The van der Waals surface area contributed by atoms with Gasteiger partial charge in [0.05, 0.1) is 0 Å². The fraction of sp³-hybridized carbons (Fsp3) is 0.615. The highest BCUT2D eigenvalue weighted by Crippen LogP contribution is 2.12. The van der Waals surface area contributed by atoms with Gasteiger partial charge in [-0.05, 0) is 25.0 Å². The third-order valence-electron chi connectivity index (χ3n) is 2.81. The Morgan fingerprint density at radius 3 is 2.56 bits per heavy atom. The van der Waals surface area contributed by atoms with E-state index < -0.39 is 5.91 Å². The predicted octanol–water partition coefficient (Wildman–Crippen LogP) is 2.35. The maximum absolute atomic E-state index is 10.9. The Labute approximate surface area is 108 Å². The van der Waals surface area contributed by atoms with E-state index >= 15 is 0 Å². The Hall–Kier alpha value is -1.65. The number of unbranched alkanes of at least 4 members (excludes halogenated alkanes) is 1. The number of carbonyl (C=O) groups excluding carboxylic acids is 1. The first kappa shape index (κ1) is 14.4. The lowest BCUT2D eigenvalue weighted by atomic mass is 10.1. The van der Waals surface area contributed by atoms with Crippen LogP contribution in [0.3, 0.4) is 0 Å². The summed E-state index contributed by atoms with van der Waals surface area (Å²) in [5, 5.41) is 11.1. The van der Waals surface area contributed by atoms with Gasteiger partial charge in [-0.3, -0.25) is 4.79 Å². The van der Waals surface area contributed by atoms with Crippen LogP contribution in [0.4, 0.5) is 5.82 Å². The van der Waals surface area contributed by atoms with Gasteiger partial charge < -0.3 is 11.1 Å². The molecule has 1 amide bonds. The molecule has 100 valence electrons. The fourth-order valence-electron chi connectivity index (χ4n) is 1.84. The number of rotatable bonds is 8. The molecule has 0 saturated heterocycles. The zero-order valence-corrected chi connectivity index (χ0v) is 11.1. The van der Waals surface area contributed by atoms with E-state index in [0.717, 1.165) is 19.3 Å². The number of carbonyl (C=O) groups is 1. The van der Waals surface area contributed by atoms with Crippen LogP contribution < -0.4 is 11.1 Å². The molecule has 1 aromatic heterocycles. The van der Waals surface area contributed by atoms with E-state index in [4.69, 9.17) is 5.73 Å². The molecule has 0 aromatic carbocycles. The molecule has 0 aliphatic heterocycles. The lowest BCUT2D eigenvalue weighted by molar-refractivity contribution is 0.0994. The first-order valence-corrected chi connectivity index (χ1v) is 6.57. The van der Waals surface area contributed by atoms with Crippen LogP contribution in [0.25, 0.3) is 0 Å². The number of nitrogens with one attached hydrogen (secondary N) is 1. The minimum Gasteiger partial charge on any atom is -0.366 e. The summed E-state index contributed by atoms with van der Waals surface area (Å²) < 4.78 is 0. The number of amides is 1. The molecular formula is C13H22N4O. The van der Waals surface area contributed by atoms with Gasteiger partial charge in [-0.1, -0.05) is 33.1 Å². The SMILES string of the molecule is CCCCC(CCC)Nc1ccc(C(N)=O)nn1. The molecule has 0 fully saturated rings. The second-order valence-electron chi connectivity index (χ2n) is 4.44. The maximum atomic E-state index is 10.9. The van der Waals surface area contributed by atoms with E-state index in [1.807, 2.05) is 0 Å². The van der Waals surface area contributed by atoms with Crippen LogP contribution in [0.15, 0.2) is 12.1 Å². The van der Waals surface area contributed by atoms with Crippen molar-refractivity contribution in [3.63, 3.8) is 0 Å². The number of nitrogens with zero attached hydrogens (tertiary/aromatic N) is 2. The van der Waals surface area contributed by atoms with Crippen molar-refractivity contribution in [3.8, 4) is 0 Å². The average molecular weight is 250 g/mol. The predicted molar refractivity (Wildman–Crippen MR) is 72.4 cm³/mol. The van der Waals surface area contributed by atoms with E-state index in [2.05, 4.69) is 29.4 Å². The number of anilines is 1. The van der Waals surface area contributed by atoms with Gasteiger partial charge >= 0.3 is 0 Å². The maximum Gasteiger partial charge on any atom is 0.269 e. The van der Waals surface area contributed by atoms with E-state index in [0.29, 0.717) is 11.9 Å². The topological polar surface area (TPSA) is 80.9 Å². The summed E-state index contributed by atoms with van der Waals surface area (Å²) in [5.74, 6) is 0.152. The zero-order valence-electron chi connectivity index (χ0n) is 11.1. The Balaban J connectivity index is 2.59. The molecule has 0 aliphatic carbocycles. The number of hydrogen-bond donors (Lipinski definition) is 2. The van der Waals surface area contributed by atoms with Crippen molar-refractivity contribution in [2.75, 3.05) is 5.32 Å². The standard InChI is InChI=1S/C13H22N4O/c1-3-5-7-10(6-4-2)15-12-9-8-11(13(14)18)16-17-12/h8-10H,3-7H2,1-2H3,(H2,14,18)(H,15,17). The molecule has 3 N–H and O–H groups in total. The van der Waals surface area contributed by atoms with Crippen molar-refractivity contribution in [3.05, 3.63) is 17.8 Å². The summed E-state index contributed by atoms with van der Waals surface area (Å²) in [5.41, 5.74) is 5.31. The summed E-state index contributed by atoms with van der Waals surface area (Å²) in [6, 6.07) is 3.77. The molecule has 1 heterocycles. The third-order valence-corrected chi connectivity index (χ3v) is 2.81. The van der Waals surface area contributed by atoms with E-state index in [1.54, 1.807) is 12.1 Å². The van der Waals surface area contributed by atoms with Gasteiger partial charge in [0.1, 0.15) is 5.82 Å². The lowest BCUT2D eigenvalue weighted by Gasteiger charge is -2.17. The molecule has 18 heavy (non-hydrogen) atoms. The van der Waals surface area contributed by atoms with Crippen LogP contribution in [0.1, 0.15) is 56.4 Å². The van der Waals surface area contributed by atoms with Crippen molar-refractivity contribution in [2.45, 2.75) is 52.0 Å². The largest absolute Gasteiger partial charge is 0.366 e. The second kappa shape index (κ2) is 7.63. The molecular weight excluding hydrogens is 228 g/mol. The van der Waals surface area contributed by atoms with E-state index in [1.165, 1.54) is 12.8 Å². The van der Waals surface area contributed by atoms with Crippen LogP contribution in [0.2, 0.25) is 0 Å². The zero-order chi connectivity index (χ0) is 13.4. The minimum atomic E-state index is -0.551. The molecule has 5 nitrogen and oxygen atoms in total. The van der Waals surface area contributed by atoms with Crippen LogP contribution in [0, 0.1) is 0 Å². The Bertz CT molecular complexity index is 364.